The molecule has 2 amide bonds. The third-order valence-electron chi connectivity index (χ3n) is 2.51. The van der Waals surface area contributed by atoms with Gasteiger partial charge in [-0.05, 0) is 18.2 Å². The van der Waals surface area contributed by atoms with Gasteiger partial charge in [0.2, 0.25) is 11.8 Å². The molecule has 1 aromatic carbocycles. The van der Waals surface area contributed by atoms with Crippen LogP contribution in [0.25, 0.3) is 0 Å². The summed E-state index contributed by atoms with van der Waals surface area (Å²) in [5.74, 6) is -0.783. The van der Waals surface area contributed by atoms with E-state index in [2.05, 4.69) is 11.9 Å². The fourth-order valence-corrected chi connectivity index (χ4v) is 1.56. The number of anilines is 1. The number of benzene rings is 1. The number of nitrogens with zero attached hydrogens (tertiary/aromatic N) is 1. The molecular formula is C14H17FN2O2. The van der Waals surface area contributed by atoms with Crippen LogP contribution in [-0.2, 0) is 9.59 Å². The van der Waals surface area contributed by atoms with E-state index in [0.29, 0.717) is 18.8 Å². The van der Waals surface area contributed by atoms with Crippen LogP contribution in [0.2, 0.25) is 0 Å². The van der Waals surface area contributed by atoms with Crippen molar-refractivity contribution in [1.82, 2.24) is 4.90 Å². The van der Waals surface area contributed by atoms with E-state index in [0.717, 1.165) is 0 Å². The number of nitrogens with one attached hydrogen (secondary N) is 1. The zero-order chi connectivity index (χ0) is 14.3. The van der Waals surface area contributed by atoms with Crippen molar-refractivity contribution in [3.63, 3.8) is 0 Å². The van der Waals surface area contributed by atoms with Crippen LogP contribution in [-0.4, -0.2) is 29.8 Å². The first-order chi connectivity index (χ1) is 9.02. The zero-order valence-corrected chi connectivity index (χ0v) is 10.9. The van der Waals surface area contributed by atoms with E-state index in [1.807, 2.05) is 0 Å². The summed E-state index contributed by atoms with van der Waals surface area (Å²) < 4.78 is 12.9. The van der Waals surface area contributed by atoms with Gasteiger partial charge in [0.15, 0.2) is 0 Å². The summed E-state index contributed by atoms with van der Waals surface area (Å²) in [6, 6.07) is 5.67. The van der Waals surface area contributed by atoms with Gasteiger partial charge in [0, 0.05) is 32.1 Å². The second kappa shape index (κ2) is 7.31. The molecule has 0 bridgehead atoms. The van der Waals surface area contributed by atoms with Crippen molar-refractivity contribution >= 4 is 17.5 Å². The minimum atomic E-state index is -0.408. The molecule has 5 heteroatoms. The molecule has 0 aliphatic carbocycles. The van der Waals surface area contributed by atoms with Gasteiger partial charge in [-0.1, -0.05) is 12.1 Å². The van der Waals surface area contributed by atoms with E-state index in [-0.39, 0.29) is 18.2 Å². The van der Waals surface area contributed by atoms with Crippen LogP contribution in [0.4, 0.5) is 10.1 Å². The number of rotatable bonds is 6. The van der Waals surface area contributed by atoms with Crippen LogP contribution in [0.15, 0.2) is 36.9 Å². The molecule has 0 saturated heterocycles. The van der Waals surface area contributed by atoms with Gasteiger partial charge in [0.1, 0.15) is 5.82 Å². The SMILES string of the molecule is C=CCN(CCC(=O)Nc1cccc(F)c1)C(C)=O. The highest BCUT2D eigenvalue weighted by Gasteiger charge is 2.09. The van der Waals surface area contributed by atoms with Crippen LogP contribution in [0.5, 0.6) is 0 Å². The fourth-order valence-electron chi connectivity index (χ4n) is 1.56. The monoisotopic (exact) mass is 264 g/mol. The average Bonchev–Trinajstić information content (AvgIpc) is 2.34. The van der Waals surface area contributed by atoms with E-state index in [4.69, 9.17) is 0 Å². The van der Waals surface area contributed by atoms with Gasteiger partial charge in [0.25, 0.3) is 0 Å². The molecule has 0 unspecified atom stereocenters. The molecule has 0 saturated carbocycles. The van der Waals surface area contributed by atoms with E-state index in [1.54, 1.807) is 12.1 Å². The molecule has 0 radical (unpaired) electrons. The van der Waals surface area contributed by atoms with Crippen LogP contribution >= 0.6 is 0 Å². The molecule has 0 atom stereocenters. The maximum Gasteiger partial charge on any atom is 0.226 e. The van der Waals surface area contributed by atoms with E-state index < -0.39 is 5.82 Å². The van der Waals surface area contributed by atoms with Gasteiger partial charge in [-0.2, -0.15) is 0 Å². The van der Waals surface area contributed by atoms with Crippen LogP contribution in [0.3, 0.4) is 0 Å². The fraction of sp³-hybridized carbons (Fsp3) is 0.286. The minimum Gasteiger partial charge on any atom is -0.339 e. The summed E-state index contributed by atoms with van der Waals surface area (Å²) in [4.78, 5) is 24.4. The van der Waals surface area contributed by atoms with Crippen LogP contribution < -0.4 is 5.32 Å². The Bertz CT molecular complexity index is 474. The Morgan fingerprint density at radius 3 is 2.79 bits per heavy atom. The largest absolute Gasteiger partial charge is 0.339 e. The molecular weight excluding hydrogens is 247 g/mol. The predicted octanol–water partition coefficient (Wildman–Crippen LogP) is 2.19. The number of hydrogen-bond acceptors (Lipinski definition) is 2. The molecule has 1 aromatic rings. The van der Waals surface area contributed by atoms with Crippen molar-refractivity contribution in [2.24, 2.45) is 0 Å². The lowest BCUT2D eigenvalue weighted by Gasteiger charge is -2.18. The Labute approximate surface area is 111 Å². The normalized spacial score (nSPS) is 9.79. The van der Waals surface area contributed by atoms with Crippen molar-refractivity contribution in [3.8, 4) is 0 Å². The maximum absolute atomic E-state index is 12.9. The topological polar surface area (TPSA) is 49.4 Å². The highest BCUT2D eigenvalue weighted by Crippen LogP contribution is 2.09. The van der Waals surface area contributed by atoms with Crippen molar-refractivity contribution < 1.29 is 14.0 Å². The van der Waals surface area contributed by atoms with Crippen molar-refractivity contribution in [2.75, 3.05) is 18.4 Å². The maximum atomic E-state index is 12.9. The zero-order valence-electron chi connectivity index (χ0n) is 10.9. The third-order valence-corrected chi connectivity index (χ3v) is 2.51. The van der Waals surface area contributed by atoms with E-state index >= 15 is 0 Å². The summed E-state index contributed by atoms with van der Waals surface area (Å²) in [5, 5.41) is 2.58. The van der Waals surface area contributed by atoms with Crippen molar-refractivity contribution in [2.45, 2.75) is 13.3 Å². The minimum absolute atomic E-state index is 0.113. The second-order valence-electron chi connectivity index (χ2n) is 4.06. The standard InChI is InChI=1S/C14H17FN2O2/c1-3-8-17(11(2)18)9-7-14(19)16-13-6-4-5-12(15)10-13/h3-6,10H,1,7-9H2,2H3,(H,16,19). The first kappa shape index (κ1) is 14.9. The van der Waals surface area contributed by atoms with Gasteiger partial charge in [-0.25, -0.2) is 4.39 Å². The molecule has 4 nitrogen and oxygen atoms in total. The molecule has 0 spiro atoms. The lowest BCUT2D eigenvalue weighted by Crippen LogP contribution is -2.32. The van der Waals surface area contributed by atoms with Gasteiger partial charge in [0.05, 0.1) is 0 Å². The van der Waals surface area contributed by atoms with Crippen LogP contribution in [0, 0.1) is 5.82 Å². The average molecular weight is 264 g/mol. The quantitative estimate of drug-likeness (QED) is 0.801. The molecule has 0 aliphatic heterocycles. The number of carbonyl (C=O) groups excluding carboxylic acids is 2. The number of carbonyl (C=O) groups is 2. The smallest absolute Gasteiger partial charge is 0.226 e. The van der Waals surface area contributed by atoms with E-state index in [9.17, 15) is 14.0 Å². The molecule has 0 aromatic heterocycles. The van der Waals surface area contributed by atoms with E-state index in [1.165, 1.54) is 30.0 Å². The summed E-state index contributed by atoms with van der Waals surface area (Å²) in [7, 11) is 0. The highest BCUT2D eigenvalue weighted by molar-refractivity contribution is 5.91. The molecule has 0 fully saturated rings. The third kappa shape index (κ3) is 5.33. The lowest BCUT2D eigenvalue weighted by atomic mass is 10.3. The number of hydrogen-bond donors (Lipinski definition) is 1. The van der Waals surface area contributed by atoms with Crippen LogP contribution in [0.1, 0.15) is 13.3 Å². The first-order valence-electron chi connectivity index (χ1n) is 5.94. The molecule has 19 heavy (non-hydrogen) atoms. The predicted molar refractivity (Wildman–Crippen MR) is 72.1 cm³/mol. The Hall–Kier alpha value is -2.17. The Morgan fingerprint density at radius 2 is 2.21 bits per heavy atom. The van der Waals surface area contributed by atoms with Crippen molar-refractivity contribution in [1.29, 1.82) is 0 Å². The summed E-state index contributed by atoms with van der Waals surface area (Å²) in [6.07, 6.45) is 1.76. The number of amides is 2. The molecule has 0 heterocycles. The van der Waals surface area contributed by atoms with Gasteiger partial charge < -0.3 is 10.2 Å². The van der Waals surface area contributed by atoms with Gasteiger partial charge >= 0.3 is 0 Å². The van der Waals surface area contributed by atoms with Gasteiger partial charge in [-0.3, -0.25) is 9.59 Å². The Morgan fingerprint density at radius 1 is 1.47 bits per heavy atom. The molecule has 1 rings (SSSR count). The lowest BCUT2D eigenvalue weighted by molar-refractivity contribution is -0.128. The molecule has 1 N–H and O–H groups in total. The molecule has 102 valence electrons. The summed E-state index contributed by atoms with van der Waals surface area (Å²) >= 11 is 0. The summed E-state index contributed by atoms with van der Waals surface area (Å²) in [5.41, 5.74) is 0.406. The highest BCUT2D eigenvalue weighted by atomic mass is 19.1. The summed E-state index contributed by atoms with van der Waals surface area (Å²) in [6.45, 7) is 5.70. The van der Waals surface area contributed by atoms with Crippen molar-refractivity contribution in [3.05, 3.63) is 42.7 Å². The molecule has 0 aliphatic rings. The van der Waals surface area contributed by atoms with Gasteiger partial charge in [-0.15, -0.1) is 6.58 Å². The second-order valence-corrected chi connectivity index (χ2v) is 4.06. The number of halogens is 1. The Balaban J connectivity index is 2.47. The first-order valence-corrected chi connectivity index (χ1v) is 5.94. The Kier molecular flexibility index (Phi) is 5.73.